The fourth-order valence-corrected chi connectivity index (χ4v) is 2.50. The highest BCUT2D eigenvalue weighted by molar-refractivity contribution is 14.1. The molecule has 1 amide bonds. The van der Waals surface area contributed by atoms with E-state index >= 15 is 0 Å². The zero-order valence-corrected chi connectivity index (χ0v) is 12.2. The van der Waals surface area contributed by atoms with Gasteiger partial charge in [0.15, 0.2) is 0 Å². The molecule has 94 valence electrons. The van der Waals surface area contributed by atoms with Crippen molar-refractivity contribution in [3.63, 3.8) is 0 Å². The van der Waals surface area contributed by atoms with E-state index in [1.807, 2.05) is 88.2 Å². The molecule has 0 spiro atoms. The van der Waals surface area contributed by atoms with E-state index in [0.29, 0.717) is 5.56 Å². The molecule has 0 saturated carbocycles. The van der Waals surface area contributed by atoms with Crippen molar-refractivity contribution in [1.82, 2.24) is 8.10 Å². The highest BCUT2D eigenvalue weighted by Crippen LogP contribution is 2.24. The second-order valence-corrected chi connectivity index (χ2v) is 4.73. The van der Waals surface area contributed by atoms with Crippen LogP contribution in [0.4, 0.5) is 0 Å². The van der Waals surface area contributed by atoms with Crippen LogP contribution in [0.15, 0.2) is 60.8 Å². The lowest BCUT2D eigenvalue weighted by Crippen LogP contribution is -2.10. The van der Waals surface area contributed by atoms with Crippen molar-refractivity contribution >= 4 is 39.7 Å². The van der Waals surface area contributed by atoms with Crippen LogP contribution in [0.5, 0.6) is 0 Å². The quantitative estimate of drug-likeness (QED) is 0.547. The summed E-state index contributed by atoms with van der Waals surface area (Å²) in [4.78, 5) is 11.9. The first-order valence-electron chi connectivity index (χ1n) is 5.88. The summed E-state index contributed by atoms with van der Waals surface area (Å²) in [5, 5.41) is 0.959. The zero-order valence-electron chi connectivity index (χ0n) is 10.0. The molecule has 0 bridgehead atoms. The van der Waals surface area contributed by atoms with Crippen LogP contribution >= 0.6 is 22.9 Å². The van der Waals surface area contributed by atoms with Crippen LogP contribution in [0, 0.1) is 0 Å². The summed E-state index contributed by atoms with van der Waals surface area (Å²) in [6, 6.07) is 17.9. The van der Waals surface area contributed by atoms with Crippen LogP contribution in [-0.2, 0) is 0 Å². The van der Waals surface area contributed by atoms with E-state index in [-0.39, 0.29) is 5.91 Å². The third kappa shape index (κ3) is 2.12. The minimum Gasteiger partial charge on any atom is -0.316 e. The Balaban J connectivity index is 2.29. The number of nitrogens with zero attached hydrogens (tertiary/aromatic N) is 1. The number of carbonyl (C=O) groups excluding carboxylic acids is 1. The Labute approximate surface area is 124 Å². The number of para-hydroxylation sites is 2. The van der Waals surface area contributed by atoms with Crippen LogP contribution in [0.1, 0.15) is 10.4 Å². The summed E-state index contributed by atoms with van der Waals surface area (Å²) in [6.45, 7) is 0. The highest BCUT2D eigenvalue weighted by Gasteiger charge is 2.14. The molecule has 0 saturated heterocycles. The van der Waals surface area contributed by atoms with Crippen LogP contribution in [-0.4, -0.2) is 10.5 Å². The lowest BCUT2D eigenvalue weighted by atomic mass is 10.2. The van der Waals surface area contributed by atoms with Crippen molar-refractivity contribution in [3.8, 4) is 5.69 Å². The maximum absolute atomic E-state index is 11.9. The van der Waals surface area contributed by atoms with E-state index in [0.717, 1.165) is 16.6 Å². The van der Waals surface area contributed by atoms with E-state index in [4.69, 9.17) is 0 Å². The summed E-state index contributed by atoms with van der Waals surface area (Å²) >= 11 is 1.86. The van der Waals surface area contributed by atoms with Gasteiger partial charge in [-0.3, -0.25) is 8.32 Å². The topological polar surface area (TPSA) is 34.0 Å². The third-order valence-electron chi connectivity index (χ3n) is 3.08. The van der Waals surface area contributed by atoms with Crippen LogP contribution < -0.4 is 3.53 Å². The van der Waals surface area contributed by atoms with Crippen molar-refractivity contribution in [2.75, 3.05) is 0 Å². The Bertz CT molecular complexity index is 734. The monoisotopic (exact) mass is 362 g/mol. The summed E-state index contributed by atoms with van der Waals surface area (Å²) in [6.07, 6.45) is 1.88. The molecule has 0 atom stereocenters. The van der Waals surface area contributed by atoms with Crippen LogP contribution in [0.3, 0.4) is 0 Å². The van der Waals surface area contributed by atoms with Crippen LogP contribution in [0.25, 0.3) is 16.6 Å². The molecule has 0 aliphatic carbocycles. The van der Waals surface area contributed by atoms with Crippen molar-refractivity contribution in [2.45, 2.75) is 0 Å². The van der Waals surface area contributed by atoms with Crippen molar-refractivity contribution in [1.29, 1.82) is 0 Å². The molecular weight excluding hydrogens is 351 g/mol. The van der Waals surface area contributed by atoms with Crippen molar-refractivity contribution < 1.29 is 4.79 Å². The van der Waals surface area contributed by atoms with Gasteiger partial charge in [0.25, 0.3) is 5.91 Å². The molecule has 19 heavy (non-hydrogen) atoms. The fourth-order valence-electron chi connectivity index (χ4n) is 2.21. The molecule has 1 heterocycles. The first-order valence-corrected chi connectivity index (χ1v) is 6.95. The van der Waals surface area contributed by atoms with Gasteiger partial charge in [-0.15, -0.1) is 0 Å². The van der Waals surface area contributed by atoms with Gasteiger partial charge in [0.05, 0.1) is 33.9 Å². The van der Waals surface area contributed by atoms with Crippen molar-refractivity contribution in [3.05, 3.63) is 66.4 Å². The van der Waals surface area contributed by atoms with Crippen LogP contribution in [0.2, 0.25) is 0 Å². The van der Waals surface area contributed by atoms with Gasteiger partial charge >= 0.3 is 0 Å². The summed E-state index contributed by atoms with van der Waals surface area (Å²) in [7, 11) is 0. The molecule has 0 unspecified atom stereocenters. The molecule has 3 nitrogen and oxygen atoms in total. The number of hydrogen-bond donors (Lipinski definition) is 1. The molecule has 0 radical (unpaired) electrons. The van der Waals surface area contributed by atoms with E-state index in [9.17, 15) is 4.79 Å². The Morgan fingerprint density at radius 3 is 2.42 bits per heavy atom. The average Bonchev–Trinajstić information content (AvgIpc) is 2.87. The predicted octanol–water partition coefficient (Wildman–Crippen LogP) is 3.71. The minimum absolute atomic E-state index is 0.0773. The first-order chi connectivity index (χ1) is 9.31. The number of nitrogens with one attached hydrogen (secondary N) is 1. The Morgan fingerprint density at radius 2 is 1.68 bits per heavy atom. The molecule has 3 aromatic rings. The molecular formula is C15H11IN2O. The van der Waals surface area contributed by atoms with Crippen molar-refractivity contribution in [2.24, 2.45) is 0 Å². The Kier molecular flexibility index (Phi) is 3.25. The lowest BCUT2D eigenvalue weighted by molar-refractivity contribution is 0.0991. The largest absolute Gasteiger partial charge is 0.316 e. The van der Waals surface area contributed by atoms with Gasteiger partial charge in [-0.2, -0.15) is 0 Å². The second kappa shape index (κ2) is 5.05. The van der Waals surface area contributed by atoms with E-state index in [2.05, 4.69) is 3.53 Å². The molecule has 4 heteroatoms. The van der Waals surface area contributed by atoms with Gasteiger partial charge in [0, 0.05) is 17.3 Å². The third-order valence-corrected chi connectivity index (χ3v) is 3.57. The molecule has 0 aliphatic heterocycles. The first kappa shape index (κ1) is 12.2. The van der Waals surface area contributed by atoms with E-state index < -0.39 is 0 Å². The maximum Gasteiger partial charge on any atom is 0.262 e. The SMILES string of the molecule is O=C(NI)c1cn(-c2ccccc2)c2ccccc12. The summed E-state index contributed by atoms with van der Waals surface area (Å²) in [5.74, 6) is -0.0773. The number of carbonyl (C=O) groups is 1. The highest BCUT2D eigenvalue weighted by atomic mass is 127. The molecule has 1 N–H and O–H groups in total. The van der Waals surface area contributed by atoms with E-state index in [1.54, 1.807) is 0 Å². The normalized spacial score (nSPS) is 10.6. The Morgan fingerprint density at radius 1 is 1.00 bits per heavy atom. The number of amides is 1. The second-order valence-electron chi connectivity index (χ2n) is 4.19. The van der Waals surface area contributed by atoms with Gasteiger partial charge in [-0.05, 0) is 18.2 Å². The Hall–Kier alpha value is -1.82. The van der Waals surface area contributed by atoms with Gasteiger partial charge in [-0.25, -0.2) is 0 Å². The smallest absolute Gasteiger partial charge is 0.262 e. The average molecular weight is 362 g/mol. The molecule has 2 aromatic carbocycles. The van der Waals surface area contributed by atoms with E-state index in [1.165, 1.54) is 0 Å². The number of benzene rings is 2. The minimum atomic E-state index is -0.0773. The molecule has 3 rings (SSSR count). The van der Waals surface area contributed by atoms with Gasteiger partial charge < -0.3 is 4.57 Å². The number of rotatable bonds is 2. The van der Waals surface area contributed by atoms with Gasteiger partial charge in [0.1, 0.15) is 0 Å². The predicted molar refractivity (Wildman–Crippen MR) is 84.8 cm³/mol. The van der Waals surface area contributed by atoms with Gasteiger partial charge in [0.2, 0.25) is 0 Å². The van der Waals surface area contributed by atoms with Gasteiger partial charge in [-0.1, -0.05) is 36.4 Å². The standard InChI is InChI=1S/C15H11IN2O/c16-17-15(19)13-10-18(11-6-2-1-3-7-11)14-9-5-4-8-12(13)14/h1-10H,(H,17,19). The number of halogens is 1. The summed E-state index contributed by atoms with van der Waals surface area (Å²) < 4.78 is 4.69. The number of fused-ring (bicyclic) bond motifs is 1. The molecule has 0 fully saturated rings. The maximum atomic E-state index is 11.9. The number of aromatic nitrogens is 1. The molecule has 1 aromatic heterocycles. The number of hydrogen-bond acceptors (Lipinski definition) is 1. The fraction of sp³-hybridized carbons (Fsp3) is 0. The lowest BCUT2D eigenvalue weighted by Gasteiger charge is -2.04. The molecule has 0 aliphatic rings. The summed E-state index contributed by atoms with van der Waals surface area (Å²) in [5.41, 5.74) is 2.77. The zero-order chi connectivity index (χ0) is 13.2.